The average molecular weight is 427 g/mol. The summed E-state index contributed by atoms with van der Waals surface area (Å²) in [6.07, 6.45) is 6.85. The van der Waals surface area contributed by atoms with Crippen molar-refractivity contribution in [1.29, 1.82) is 0 Å². The zero-order valence-corrected chi connectivity index (χ0v) is 18.1. The number of hydrogen-bond acceptors (Lipinski definition) is 5. The minimum atomic E-state index is -0.405. The van der Waals surface area contributed by atoms with E-state index in [1.807, 2.05) is 0 Å². The van der Waals surface area contributed by atoms with Gasteiger partial charge in [0.2, 0.25) is 5.91 Å². The molecule has 8 heteroatoms. The van der Waals surface area contributed by atoms with Crippen molar-refractivity contribution in [3.63, 3.8) is 0 Å². The smallest absolute Gasteiger partial charge is 0.341 e. The topological polar surface area (TPSA) is 102 Å². The second-order valence-electron chi connectivity index (χ2n) is 7.70. The average Bonchev–Trinajstić information content (AvgIpc) is 3.18. The van der Waals surface area contributed by atoms with Crippen LogP contribution in [0, 0.1) is 12.8 Å². The molecule has 1 fully saturated rings. The number of benzene rings is 1. The normalized spacial score (nSPS) is 14.1. The molecule has 1 heterocycles. The Labute approximate surface area is 182 Å². The molecule has 0 aliphatic heterocycles. The Morgan fingerprint density at radius 1 is 1.06 bits per heavy atom. The van der Waals surface area contributed by atoms with Crippen LogP contribution < -0.4 is 10.6 Å². The first kappa shape index (κ1) is 22.5. The van der Waals surface area contributed by atoms with Crippen LogP contribution in [0.1, 0.15) is 65.4 Å². The molecule has 1 aromatic heterocycles. The van der Waals surface area contributed by atoms with Crippen LogP contribution in [0.25, 0.3) is 5.69 Å². The third-order valence-electron chi connectivity index (χ3n) is 5.56. The van der Waals surface area contributed by atoms with Gasteiger partial charge in [-0.25, -0.2) is 9.48 Å². The highest BCUT2D eigenvalue weighted by Crippen LogP contribution is 2.23. The van der Waals surface area contributed by atoms with E-state index in [-0.39, 0.29) is 17.7 Å². The minimum absolute atomic E-state index is 0.0927. The maximum atomic E-state index is 12.4. The van der Waals surface area contributed by atoms with Crippen LogP contribution >= 0.6 is 0 Å². The SMILES string of the molecule is CCOC(=O)c1cnn(-c2ccc(C(=O)NCCNC(=O)C3CCCCC3)cc2)c1C. The van der Waals surface area contributed by atoms with Crippen LogP contribution in [0.4, 0.5) is 0 Å². The fraction of sp³-hybridized carbons (Fsp3) is 0.478. The highest BCUT2D eigenvalue weighted by Gasteiger charge is 2.20. The minimum Gasteiger partial charge on any atom is -0.462 e. The van der Waals surface area contributed by atoms with Crippen molar-refractivity contribution in [1.82, 2.24) is 20.4 Å². The van der Waals surface area contributed by atoms with Gasteiger partial charge in [-0.2, -0.15) is 5.10 Å². The van der Waals surface area contributed by atoms with E-state index in [0.29, 0.717) is 36.5 Å². The summed E-state index contributed by atoms with van der Waals surface area (Å²) < 4.78 is 6.67. The molecule has 8 nitrogen and oxygen atoms in total. The van der Waals surface area contributed by atoms with Gasteiger partial charge < -0.3 is 15.4 Å². The zero-order valence-electron chi connectivity index (χ0n) is 18.1. The van der Waals surface area contributed by atoms with Gasteiger partial charge in [-0.05, 0) is 51.0 Å². The van der Waals surface area contributed by atoms with Gasteiger partial charge in [0.15, 0.2) is 0 Å². The second-order valence-corrected chi connectivity index (χ2v) is 7.70. The number of nitrogens with one attached hydrogen (secondary N) is 2. The van der Waals surface area contributed by atoms with Crippen molar-refractivity contribution in [3.8, 4) is 5.69 Å². The van der Waals surface area contributed by atoms with E-state index in [2.05, 4.69) is 15.7 Å². The highest BCUT2D eigenvalue weighted by atomic mass is 16.5. The fourth-order valence-corrected chi connectivity index (χ4v) is 3.81. The van der Waals surface area contributed by atoms with Crippen LogP contribution in [0.2, 0.25) is 0 Å². The standard InChI is InChI=1S/C23H30N4O4/c1-3-31-23(30)20-15-26-27(16(20)2)19-11-9-18(10-12-19)22(29)25-14-13-24-21(28)17-7-5-4-6-8-17/h9-12,15,17H,3-8,13-14H2,1-2H3,(H,24,28)(H,25,29). The molecular formula is C23H30N4O4. The lowest BCUT2D eigenvalue weighted by Gasteiger charge is -2.20. The first-order valence-electron chi connectivity index (χ1n) is 10.9. The molecule has 0 spiro atoms. The Morgan fingerprint density at radius 3 is 2.42 bits per heavy atom. The number of ether oxygens (including phenoxy) is 1. The Kier molecular flexibility index (Phi) is 7.81. The molecular weight excluding hydrogens is 396 g/mol. The maximum Gasteiger partial charge on any atom is 0.341 e. The molecule has 166 valence electrons. The lowest BCUT2D eigenvalue weighted by molar-refractivity contribution is -0.125. The van der Waals surface area contributed by atoms with Gasteiger partial charge in [-0.3, -0.25) is 9.59 Å². The summed E-state index contributed by atoms with van der Waals surface area (Å²) in [6.45, 7) is 4.65. The zero-order chi connectivity index (χ0) is 22.2. The van der Waals surface area contributed by atoms with Gasteiger partial charge in [0.25, 0.3) is 5.91 Å². The van der Waals surface area contributed by atoms with E-state index in [0.717, 1.165) is 31.4 Å². The second kappa shape index (κ2) is 10.7. The van der Waals surface area contributed by atoms with Crippen LogP contribution in [-0.4, -0.2) is 47.3 Å². The number of rotatable bonds is 8. The van der Waals surface area contributed by atoms with E-state index in [4.69, 9.17) is 4.74 Å². The summed E-state index contributed by atoms with van der Waals surface area (Å²) in [5.74, 6) is -0.400. The largest absolute Gasteiger partial charge is 0.462 e. The van der Waals surface area contributed by atoms with Gasteiger partial charge >= 0.3 is 5.97 Å². The van der Waals surface area contributed by atoms with Gasteiger partial charge in [-0.15, -0.1) is 0 Å². The number of esters is 1. The van der Waals surface area contributed by atoms with Crippen LogP contribution in [0.15, 0.2) is 30.5 Å². The summed E-state index contributed by atoms with van der Waals surface area (Å²) in [5, 5.41) is 9.99. The van der Waals surface area contributed by atoms with Crippen molar-refractivity contribution < 1.29 is 19.1 Å². The van der Waals surface area contributed by atoms with Gasteiger partial charge in [0.1, 0.15) is 5.56 Å². The Hall–Kier alpha value is -3.16. The van der Waals surface area contributed by atoms with E-state index >= 15 is 0 Å². The lowest BCUT2D eigenvalue weighted by Crippen LogP contribution is -2.38. The van der Waals surface area contributed by atoms with Crippen molar-refractivity contribution in [2.45, 2.75) is 46.0 Å². The Balaban J connectivity index is 1.50. The van der Waals surface area contributed by atoms with Crippen molar-refractivity contribution in [3.05, 3.63) is 47.3 Å². The molecule has 1 aliphatic rings. The van der Waals surface area contributed by atoms with Crippen molar-refractivity contribution >= 4 is 17.8 Å². The molecule has 2 aromatic rings. The van der Waals surface area contributed by atoms with Crippen LogP contribution in [-0.2, 0) is 9.53 Å². The molecule has 1 aromatic carbocycles. The van der Waals surface area contributed by atoms with E-state index in [9.17, 15) is 14.4 Å². The number of hydrogen-bond donors (Lipinski definition) is 2. The third-order valence-corrected chi connectivity index (χ3v) is 5.56. The number of amides is 2. The molecule has 0 bridgehead atoms. The van der Waals surface area contributed by atoms with E-state index in [1.165, 1.54) is 12.6 Å². The quantitative estimate of drug-likeness (QED) is 0.499. The molecule has 31 heavy (non-hydrogen) atoms. The Morgan fingerprint density at radius 2 is 1.74 bits per heavy atom. The molecule has 0 radical (unpaired) electrons. The molecule has 3 rings (SSSR count). The van der Waals surface area contributed by atoms with Crippen LogP contribution in [0.5, 0.6) is 0 Å². The van der Waals surface area contributed by atoms with E-state index in [1.54, 1.807) is 42.8 Å². The molecule has 0 saturated heterocycles. The van der Waals surface area contributed by atoms with Gasteiger partial charge in [0.05, 0.1) is 24.2 Å². The summed E-state index contributed by atoms with van der Waals surface area (Å²) in [5.41, 5.74) is 2.34. The lowest BCUT2D eigenvalue weighted by atomic mass is 9.89. The Bertz CT molecular complexity index is 914. The maximum absolute atomic E-state index is 12.4. The third kappa shape index (κ3) is 5.71. The first-order chi connectivity index (χ1) is 15.0. The number of aromatic nitrogens is 2. The molecule has 2 amide bonds. The molecule has 0 atom stereocenters. The number of carbonyl (C=O) groups is 3. The van der Waals surface area contributed by atoms with E-state index < -0.39 is 5.97 Å². The summed E-state index contributed by atoms with van der Waals surface area (Å²) in [6, 6.07) is 6.95. The first-order valence-corrected chi connectivity index (χ1v) is 10.9. The summed E-state index contributed by atoms with van der Waals surface area (Å²) in [7, 11) is 0. The van der Waals surface area contributed by atoms with Crippen molar-refractivity contribution in [2.24, 2.45) is 5.92 Å². The fourth-order valence-electron chi connectivity index (χ4n) is 3.81. The molecule has 2 N–H and O–H groups in total. The highest BCUT2D eigenvalue weighted by molar-refractivity contribution is 5.94. The predicted molar refractivity (Wildman–Crippen MR) is 116 cm³/mol. The summed E-state index contributed by atoms with van der Waals surface area (Å²) in [4.78, 5) is 36.5. The monoisotopic (exact) mass is 426 g/mol. The number of carbonyl (C=O) groups excluding carboxylic acids is 3. The number of nitrogens with zero attached hydrogens (tertiary/aromatic N) is 2. The summed E-state index contributed by atoms with van der Waals surface area (Å²) >= 11 is 0. The van der Waals surface area contributed by atoms with Gasteiger partial charge in [0, 0.05) is 24.6 Å². The van der Waals surface area contributed by atoms with Gasteiger partial charge in [-0.1, -0.05) is 19.3 Å². The molecule has 1 aliphatic carbocycles. The molecule has 0 unspecified atom stereocenters. The van der Waals surface area contributed by atoms with Crippen LogP contribution in [0.3, 0.4) is 0 Å². The predicted octanol–water partition coefficient (Wildman–Crippen LogP) is 2.78. The molecule has 1 saturated carbocycles. The van der Waals surface area contributed by atoms with Crippen molar-refractivity contribution in [2.75, 3.05) is 19.7 Å².